The van der Waals surface area contributed by atoms with Crippen LogP contribution >= 0.6 is 0 Å². The van der Waals surface area contributed by atoms with Crippen LogP contribution in [0.3, 0.4) is 0 Å². The molecular formula is C21H18N2O2. The summed E-state index contributed by atoms with van der Waals surface area (Å²) in [5, 5.41) is 13.3. The van der Waals surface area contributed by atoms with E-state index in [1.807, 2.05) is 61.5 Å². The average molecular weight is 330 g/mol. The van der Waals surface area contributed by atoms with Crippen LogP contribution in [0.1, 0.15) is 27.7 Å². The molecule has 1 aliphatic heterocycles. The fraction of sp³-hybridized carbons (Fsp3) is 0.0952. The lowest BCUT2D eigenvalue weighted by Gasteiger charge is -2.38. The third-order valence-corrected chi connectivity index (χ3v) is 4.39. The first kappa shape index (κ1) is 15.3. The molecule has 0 unspecified atom stereocenters. The van der Waals surface area contributed by atoms with Crippen LogP contribution in [0.4, 0.5) is 11.4 Å². The van der Waals surface area contributed by atoms with Crippen LogP contribution in [0.25, 0.3) is 0 Å². The van der Waals surface area contributed by atoms with Gasteiger partial charge in [0.2, 0.25) is 0 Å². The molecule has 1 aliphatic rings. The standard InChI is InChI=1S/C21H18N2O2/c1-14-6-4-8-16(12-14)23-20(15-7-5-9-17(24)13-15)22-19-11-3-2-10-18(19)21(23)25/h2-13,20,22,24H,1H3/t20-/m0/s1. The minimum absolute atomic E-state index is 0.0618. The van der Waals surface area contributed by atoms with Gasteiger partial charge in [-0.3, -0.25) is 9.69 Å². The molecule has 2 N–H and O–H groups in total. The van der Waals surface area contributed by atoms with Crippen molar-refractivity contribution in [2.45, 2.75) is 13.1 Å². The minimum atomic E-state index is -0.392. The summed E-state index contributed by atoms with van der Waals surface area (Å²) in [5.74, 6) is 0.114. The molecule has 0 fully saturated rings. The van der Waals surface area contributed by atoms with Gasteiger partial charge < -0.3 is 10.4 Å². The summed E-state index contributed by atoms with van der Waals surface area (Å²) >= 11 is 0. The molecule has 4 heteroatoms. The number of hydrogen-bond donors (Lipinski definition) is 2. The number of rotatable bonds is 2. The first-order valence-electron chi connectivity index (χ1n) is 8.18. The van der Waals surface area contributed by atoms with Crippen molar-refractivity contribution < 1.29 is 9.90 Å². The summed E-state index contributed by atoms with van der Waals surface area (Å²) in [6.07, 6.45) is -0.392. The smallest absolute Gasteiger partial charge is 0.262 e. The molecule has 0 bridgehead atoms. The monoisotopic (exact) mass is 330 g/mol. The summed E-state index contributed by atoms with van der Waals surface area (Å²) < 4.78 is 0. The maximum absolute atomic E-state index is 13.2. The highest BCUT2D eigenvalue weighted by Crippen LogP contribution is 2.37. The molecule has 0 aromatic heterocycles. The predicted octanol–water partition coefficient (Wildman–Crippen LogP) is 4.47. The molecule has 1 amide bonds. The van der Waals surface area contributed by atoms with Crippen molar-refractivity contribution in [3.8, 4) is 5.75 Å². The summed E-state index contributed by atoms with van der Waals surface area (Å²) in [7, 11) is 0. The highest BCUT2D eigenvalue weighted by atomic mass is 16.3. The Morgan fingerprint density at radius 1 is 0.960 bits per heavy atom. The van der Waals surface area contributed by atoms with Gasteiger partial charge in [0.1, 0.15) is 11.9 Å². The zero-order valence-corrected chi connectivity index (χ0v) is 13.8. The van der Waals surface area contributed by atoms with Crippen LogP contribution in [-0.4, -0.2) is 11.0 Å². The van der Waals surface area contributed by atoms with Crippen LogP contribution in [-0.2, 0) is 0 Å². The van der Waals surface area contributed by atoms with Gasteiger partial charge in [0, 0.05) is 11.4 Å². The number of nitrogens with zero attached hydrogens (tertiary/aromatic N) is 1. The van der Waals surface area contributed by atoms with Crippen molar-refractivity contribution in [2.24, 2.45) is 0 Å². The molecule has 4 nitrogen and oxygen atoms in total. The Morgan fingerprint density at radius 2 is 1.76 bits per heavy atom. The van der Waals surface area contributed by atoms with Crippen molar-refractivity contribution in [2.75, 3.05) is 10.2 Å². The Kier molecular flexibility index (Phi) is 3.65. The third kappa shape index (κ3) is 2.72. The van der Waals surface area contributed by atoms with E-state index in [0.29, 0.717) is 5.56 Å². The number of phenolic OH excluding ortho intramolecular Hbond substituents is 1. The molecule has 0 saturated carbocycles. The van der Waals surface area contributed by atoms with Gasteiger partial charge in [-0.05, 0) is 54.4 Å². The summed E-state index contributed by atoms with van der Waals surface area (Å²) in [4.78, 5) is 15.0. The zero-order valence-electron chi connectivity index (χ0n) is 13.8. The number of carbonyl (C=O) groups is 1. The number of hydrogen-bond acceptors (Lipinski definition) is 3. The molecule has 0 spiro atoms. The van der Waals surface area contributed by atoms with Gasteiger partial charge in [-0.25, -0.2) is 0 Å². The van der Waals surface area contributed by atoms with Crippen molar-refractivity contribution in [1.82, 2.24) is 0 Å². The number of aryl methyl sites for hydroxylation is 1. The number of nitrogens with one attached hydrogen (secondary N) is 1. The van der Waals surface area contributed by atoms with Gasteiger partial charge in [-0.1, -0.05) is 36.4 Å². The van der Waals surface area contributed by atoms with Gasteiger partial charge in [-0.2, -0.15) is 0 Å². The Hall–Kier alpha value is -3.27. The van der Waals surface area contributed by atoms with E-state index >= 15 is 0 Å². The first-order chi connectivity index (χ1) is 12.1. The van der Waals surface area contributed by atoms with E-state index in [1.54, 1.807) is 23.1 Å². The SMILES string of the molecule is Cc1cccc(N2C(=O)c3ccccc3N[C@@H]2c2cccc(O)c2)c1. The van der Waals surface area contributed by atoms with Gasteiger partial charge in [0.25, 0.3) is 5.91 Å². The van der Waals surface area contributed by atoms with Crippen molar-refractivity contribution in [1.29, 1.82) is 0 Å². The average Bonchev–Trinajstić information content (AvgIpc) is 2.61. The topological polar surface area (TPSA) is 52.6 Å². The second-order valence-corrected chi connectivity index (χ2v) is 6.20. The van der Waals surface area contributed by atoms with Gasteiger partial charge in [-0.15, -0.1) is 0 Å². The molecule has 0 saturated heterocycles. The normalized spacial score (nSPS) is 16.3. The zero-order chi connectivity index (χ0) is 17.4. The Bertz CT molecular complexity index is 952. The predicted molar refractivity (Wildman–Crippen MR) is 98.9 cm³/mol. The Labute approximate surface area is 146 Å². The first-order valence-corrected chi connectivity index (χ1v) is 8.18. The highest BCUT2D eigenvalue weighted by Gasteiger charge is 2.34. The molecule has 124 valence electrons. The van der Waals surface area contributed by atoms with Crippen LogP contribution in [0, 0.1) is 6.92 Å². The molecule has 0 aliphatic carbocycles. The number of anilines is 2. The molecule has 1 heterocycles. The Morgan fingerprint density at radius 3 is 2.56 bits per heavy atom. The van der Waals surface area contributed by atoms with E-state index in [2.05, 4.69) is 5.32 Å². The Balaban J connectivity index is 1.88. The number of amides is 1. The lowest BCUT2D eigenvalue weighted by Crippen LogP contribution is -2.43. The van der Waals surface area contributed by atoms with Crippen molar-refractivity contribution in [3.63, 3.8) is 0 Å². The summed E-state index contributed by atoms with van der Waals surface area (Å²) in [6, 6.07) is 22.3. The maximum atomic E-state index is 13.2. The van der Waals surface area contributed by atoms with Gasteiger partial charge in [0.15, 0.2) is 0 Å². The highest BCUT2D eigenvalue weighted by molar-refractivity contribution is 6.12. The molecule has 25 heavy (non-hydrogen) atoms. The van der Waals surface area contributed by atoms with Crippen molar-refractivity contribution >= 4 is 17.3 Å². The molecule has 3 aromatic rings. The number of para-hydroxylation sites is 1. The van der Waals surface area contributed by atoms with E-state index in [9.17, 15) is 9.90 Å². The number of benzene rings is 3. The minimum Gasteiger partial charge on any atom is -0.508 e. The largest absolute Gasteiger partial charge is 0.508 e. The number of aromatic hydroxyl groups is 1. The summed E-state index contributed by atoms with van der Waals surface area (Å²) in [5.41, 5.74) is 4.16. The quantitative estimate of drug-likeness (QED) is 0.729. The number of carbonyl (C=O) groups excluding carboxylic acids is 1. The number of phenols is 1. The van der Waals surface area contributed by atoms with Crippen LogP contribution < -0.4 is 10.2 Å². The second-order valence-electron chi connectivity index (χ2n) is 6.20. The van der Waals surface area contributed by atoms with Crippen LogP contribution in [0.5, 0.6) is 5.75 Å². The molecular weight excluding hydrogens is 312 g/mol. The molecule has 4 rings (SSSR count). The van der Waals surface area contributed by atoms with E-state index < -0.39 is 6.17 Å². The summed E-state index contributed by atoms with van der Waals surface area (Å²) in [6.45, 7) is 2.00. The molecule has 1 atom stereocenters. The van der Waals surface area contributed by atoms with Crippen molar-refractivity contribution in [3.05, 3.63) is 89.5 Å². The van der Waals surface area contributed by atoms with Gasteiger partial charge in [0.05, 0.1) is 5.56 Å². The van der Waals surface area contributed by atoms with Crippen LogP contribution in [0.15, 0.2) is 72.8 Å². The molecule has 3 aromatic carbocycles. The number of fused-ring (bicyclic) bond motifs is 1. The van der Waals surface area contributed by atoms with E-state index in [0.717, 1.165) is 22.5 Å². The fourth-order valence-electron chi connectivity index (χ4n) is 3.23. The van der Waals surface area contributed by atoms with E-state index in [4.69, 9.17) is 0 Å². The van der Waals surface area contributed by atoms with E-state index in [-0.39, 0.29) is 11.7 Å². The fourth-order valence-corrected chi connectivity index (χ4v) is 3.23. The van der Waals surface area contributed by atoms with Gasteiger partial charge >= 0.3 is 0 Å². The third-order valence-electron chi connectivity index (χ3n) is 4.39. The molecule has 0 radical (unpaired) electrons. The van der Waals surface area contributed by atoms with Crippen LogP contribution in [0.2, 0.25) is 0 Å². The van der Waals surface area contributed by atoms with E-state index in [1.165, 1.54) is 0 Å². The lowest BCUT2D eigenvalue weighted by molar-refractivity contribution is 0.0975. The lowest BCUT2D eigenvalue weighted by atomic mass is 10.0. The maximum Gasteiger partial charge on any atom is 0.262 e. The second kappa shape index (κ2) is 5.98.